The molecule has 30 heavy (non-hydrogen) atoms. The molecule has 156 valence electrons. The number of nitrogens with zero attached hydrogens (tertiary/aromatic N) is 4. The van der Waals surface area contributed by atoms with Crippen molar-refractivity contribution in [1.82, 2.24) is 14.5 Å². The minimum Gasteiger partial charge on any atom is -0.341 e. The van der Waals surface area contributed by atoms with Gasteiger partial charge < -0.3 is 4.57 Å². The molecule has 1 N–H and O–H groups in total. The lowest BCUT2D eigenvalue weighted by atomic mass is 9.99. The number of alkyl halides is 3. The highest BCUT2D eigenvalue weighted by Crippen LogP contribution is 2.48. The molecule has 1 fully saturated rings. The standard InChI is InChI=1S/C20H18F3N5OS/c1-3-30(25,29)16-8-13(19(11-24)4-5-19)9-27-18(16)14-6-12-7-17(20(21,22)23)26-10-15(12)28(14)2/h6-10,25H,3-5H2,1-2H3. The van der Waals surface area contributed by atoms with Gasteiger partial charge in [-0.1, -0.05) is 6.92 Å². The fraction of sp³-hybridized carbons (Fsp3) is 0.350. The van der Waals surface area contributed by atoms with E-state index >= 15 is 0 Å². The lowest BCUT2D eigenvalue weighted by Gasteiger charge is -2.15. The van der Waals surface area contributed by atoms with E-state index in [1.165, 1.54) is 12.3 Å². The molecule has 1 aliphatic rings. The Morgan fingerprint density at radius 1 is 1.27 bits per heavy atom. The molecule has 0 spiro atoms. The van der Waals surface area contributed by atoms with Crippen molar-refractivity contribution in [3.05, 3.63) is 41.9 Å². The number of hydrogen-bond donors (Lipinski definition) is 1. The summed E-state index contributed by atoms with van der Waals surface area (Å²) in [7, 11) is -1.55. The van der Waals surface area contributed by atoms with E-state index in [4.69, 9.17) is 4.78 Å². The number of nitriles is 1. The van der Waals surface area contributed by atoms with E-state index in [-0.39, 0.29) is 16.3 Å². The van der Waals surface area contributed by atoms with Crippen molar-refractivity contribution in [2.24, 2.45) is 7.05 Å². The molecule has 0 bridgehead atoms. The molecule has 0 saturated heterocycles. The summed E-state index contributed by atoms with van der Waals surface area (Å²) in [6, 6.07) is 6.36. The molecule has 0 aromatic carbocycles. The Balaban J connectivity index is 1.95. The van der Waals surface area contributed by atoms with E-state index in [2.05, 4.69) is 16.0 Å². The van der Waals surface area contributed by atoms with E-state index < -0.39 is 27.0 Å². The summed E-state index contributed by atoms with van der Waals surface area (Å²) >= 11 is 0. The summed E-state index contributed by atoms with van der Waals surface area (Å²) < 4.78 is 62.1. The van der Waals surface area contributed by atoms with Crippen molar-refractivity contribution in [2.45, 2.75) is 36.3 Å². The Hall–Kier alpha value is -2.93. The molecule has 1 atom stereocenters. The SMILES string of the molecule is CCS(=N)(=O)c1cc(C2(C#N)CC2)cnc1-c1cc2cc(C(F)(F)F)ncc2n1C. The van der Waals surface area contributed by atoms with Crippen molar-refractivity contribution in [1.29, 1.82) is 10.0 Å². The number of pyridine rings is 2. The molecule has 1 aliphatic carbocycles. The fourth-order valence-corrected chi connectivity index (χ4v) is 4.61. The molecule has 1 saturated carbocycles. The molecule has 10 heteroatoms. The highest BCUT2D eigenvalue weighted by Gasteiger charge is 2.45. The largest absolute Gasteiger partial charge is 0.433 e. The van der Waals surface area contributed by atoms with Crippen molar-refractivity contribution in [3.63, 3.8) is 0 Å². The summed E-state index contributed by atoms with van der Waals surface area (Å²) in [6.45, 7) is 1.63. The maximum absolute atomic E-state index is 13.0. The maximum atomic E-state index is 13.0. The third-order valence-electron chi connectivity index (χ3n) is 5.59. The first-order valence-corrected chi connectivity index (χ1v) is 11.0. The Morgan fingerprint density at radius 2 is 1.97 bits per heavy atom. The summed E-state index contributed by atoms with van der Waals surface area (Å²) in [5.74, 6) is 0.0500. The first kappa shape index (κ1) is 20.3. The van der Waals surface area contributed by atoms with Crippen LogP contribution in [0.15, 0.2) is 35.5 Å². The van der Waals surface area contributed by atoms with Crippen LogP contribution >= 0.6 is 0 Å². The van der Waals surface area contributed by atoms with Gasteiger partial charge in [0, 0.05) is 24.4 Å². The first-order valence-electron chi connectivity index (χ1n) is 9.24. The number of rotatable bonds is 4. The molecule has 0 aliphatic heterocycles. The van der Waals surface area contributed by atoms with Crippen LogP contribution in [0.5, 0.6) is 0 Å². The number of halogens is 3. The molecule has 6 nitrogen and oxygen atoms in total. The van der Waals surface area contributed by atoms with Gasteiger partial charge in [-0.25, -0.2) is 14.0 Å². The zero-order chi connectivity index (χ0) is 21.9. The molecule has 3 aromatic heterocycles. The van der Waals surface area contributed by atoms with E-state index in [1.807, 2.05) is 0 Å². The van der Waals surface area contributed by atoms with Gasteiger partial charge in [0.05, 0.1) is 43.5 Å². The maximum Gasteiger partial charge on any atom is 0.433 e. The number of hydrogen-bond acceptors (Lipinski definition) is 5. The normalized spacial score (nSPS) is 17.5. The van der Waals surface area contributed by atoms with Crippen LogP contribution in [0.1, 0.15) is 31.0 Å². The van der Waals surface area contributed by atoms with Gasteiger partial charge in [-0.15, -0.1) is 0 Å². The summed E-state index contributed by atoms with van der Waals surface area (Å²) in [4.78, 5) is 8.13. The van der Waals surface area contributed by atoms with Crippen LogP contribution in [0.2, 0.25) is 0 Å². The quantitative estimate of drug-likeness (QED) is 0.649. The van der Waals surface area contributed by atoms with E-state index in [9.17, 15) is 22.6 Å². The molecular weight excluding hydrogens is 415 g/mol. The fourth-order valence-electron chi connectivity index (χ4n) is 3.51. The van der Waals surface area contributed by atoms with Gasteiger partial charge in [0.15, 0.2) is 0 Å². The Kier molecular flexibility index (Phi) is 4.43. The average molecular weight is 433 g/mol. The molecule has 3 aromatic rings. The number of aryl methyl sites for hydroxylation is 1. The lowest BCUT2D eigenvalue weighted by molar-refractivity contribution is -0.141. The monoisotopic (exact) mass is 433 g/mol. The van der Waals surface area contributed by atoms with Gasteiger partial charge in [-0.2, -0.15) is 18.4 Å². The van der Waals surface area contributed by atoms with Gasteiger partial charge in [0.2, 0.25) is 0 Å². The highest BCUT2D eigenvalue weighted by atomic mass is 32.2. The Morgan fingerprint density at radius 3 is 2.53 bits per heavy atom. The van der Waals surface area contributed by atoms with Crippen LogP contribution < -0.4 is 0 Å². The lowest BCUT2D eigenvalue weighted by Crippen LogP contribution is -2.11. The zero-order valence-corrected chi connectivity index (χ0v) is 17.1. The molecule has 3 heterocycles. The molecular formula is C20H18F3N5OS. The molecule has 0 amide bonds. The Labute approximate surface area is 171 Å². The van der Waals surface area contributed by atoms with Crippen molar-refractivity contribution in [2.75, 3.05) is 5.75 Å². The summed E-state index contributed by atoms with van der Waals surface area (Å²) in [6.07, 6.45) is -0.535. The van der Waals surface area contributed by atoms with Gasteiger partial charge in [0.1, 0.15) is 11.4 Å². The number of aromatic nitrogens is 3. The summed E-state index contributed by atoms with van der Waals surface area (Å²) in [5, 5.41) is 9.79. The van der Waals surface area contributed by atoms with Gasteiger partial charge in [-0.05, 0) is 36.6 Å². The second kappa shape index (κ2) is 6.54. The van der Waals surface area contributed by atoms with Crippen LogP contribution in [-0.2, 0) is 28.4 Å². The van der Waals surface area contributed by atoms with Gasteiger partial charge >= 0.3 is 6.18 Å². The highest BCUT2D eigenvalue weighted by molar-refractivity contribution is 7.92. The minimum atomic E-state index is -4.57. The number of fused-ring (bicyclic) bond motifs is 1. The predicted molar refractivity (Wildman–Crippen MR) is 105 cm³/mol. The second-order valence-corrected chi connectivity index (χ2v) is 9.81. The van der Waals surface area contributed by atoms with E-state index in [0.29, 0.717) is 35.0 Å². The van der Waals surface area contributed by atoms with Gasteiger partial charge in [0.25, 0.3) is 0 Å². The van der Waals surface area contributed by atoms with Crippen LogP contribution in [-0.4, -0.2) is 24.5 Å². The smallest absolute Gasteiger partial charge is 0.341 e. The average Bonchev–Trinajstić information content (AvgIpc) is 3.45. The van der Waals surface area contributed by atoms with E-state index in [1.54, 1.807) is 24.6 Å². The van der Waals surface area contributed by atoms with Crippen LogP contribution in [0, 0.1) is 16.1 Å². The summed E-state index contributed by atoms with van der Waals surface area (Å²) in [5.41, 5.74) is 0.117. The molecule has 0 radical (unpaired) electrons. The topological polar surface area (TPSA) is 95.4 Å². The van der Waals surface area contributed by atoms with Crippen molar-refractivity contribution >= 4 is 20.6 Å². The first-order chi connectivity index (χ1) is 14.0. The predicted octanol–water partition coefficient (Wildman–Crippen LogP) is 4.63. The van der Waals surface area contributed by atoms with Crippen LogP contribution in [0.3, 0.4) is 0 Å². The van der Waals surface area contributed by atoms with Crippen LogP contribution in [0.25, 0.3) is 22.3 Å². The second-order valence-electron chi connectivity index (χ2n) is 7.44. The molecule has 1 unspecified atom stereocenters. The minimum absolute atomic E-state index is 0.0500. The zero-order valence-electron chi connectivity index (χ0n) is 16.2. The number of nitrogens with one attached hydrogen (secondary N) is 1. The molecule has 4 rings (SSSR count). The third kappa shape index (κ3) is 3.13. The van der Waals surface area contributed by atoms with E-state index in [0.717, 1.165) is 12.3 Å². The van der Waals surface area contributed by atoms with Crippen LogP contribution in [0.4, 0.5) is 13.2 Å². The van der Waals surface area contributed by atoms with Crippen molar-refractivity contribution < 1.29 is 17.4 Å². The van der Waals surface area contributed by atoms with Crippen molar-refractivity contribution in [3.8, 4) is 17.5 Å². The Bertz CT molecular complexity index is 1310. The van der Waals surface area contributed by atoms with Gasteiger partial charge in [-0.3, -0.25) is 4.98 Å². The third-order valence-corrected chi connectivity index (χ3v) is 7.43.